The highest BCUT2D eigenvalue weighted by Gasteiger charge is 2.19. The number of aromatic nitrogens is 3. The molecular formula is C14H17ClN4S. The highest BCUT2D eigenvalue weighted by atomic mass is 35.5. The molecule has 0 aromatic carbocycles. The fraction of sp³-hybridized carbons (Fsp3) is 0.500. The molecule has 1 aliphatic rings. The van der Waals surface area contributed by atoms with Crippen molar-refractivity contribution < 1.29 is 0 Å². The predicted octanol–water partition coefficient (Wildman–Crippen LogP) is 3.27. The Morgan fingerprint density at radius 3 is 2.90 bits per heavy atom. The van der Waals surface area contributed by atoms with E-state index in [0.29, 0.717) is 10.4 Å². The minimum atomic E-state index is 0.387. The van der Waals surface area contributed by atoms with Crippen LogP contribution in [-0.2, 0) is 19.5 Å². The van der Waals surface area contributed by atoms with Crippen molar-refractivity contribution in [3.05, 3.63) is 38.8 Å². The molecule has 1 aliphatic heterocycles. The standard InChI is InChI=1S/C14H17ClN4S/c1-9(2)13-16-5-10-7-19(4-3-12(10)18-13)8-11-6-17-14(15)20-11/h5-6,9H,3-4,7-8H2,1-2H3. The van der Waals surface area contributed by atoms with Crippen molar-refractivity contribution in [1.29, 1.82) is 0 Å². The Hall–Kier alpha value is -1.04. The number of thiazole rings is 1. The lowest BCUT2D eigenvalue weighted by atomic mass is 10.1. The molecule has 106 valence electrons. The van der Waals surface area contributed by atoms with E-state index in [0.717, 1.165) is 31.9 Å². The lowest BCUT2D eigenvalue weighted by Gasteiger charge is -2.27. The first-order valence-corrected chi connectivity index (χ1v) is 7.98. The molecule has 0 fully saturated rings. The van der Waals surface area contributed by atoms with Gasteiger partial charge in [0.25, 0.3) is 0 Å². The summed E-state index contributed by atoms with van der Waals surface area (Å²) >= 11 is 7.43. The van der Waals surface area contributed by atoms with E-state index in [1.165, 1.54) is 16.1 Å². The molecule has 0 N–H and O–H groups in total. The average Bonchev–Trinajstić information content (AvgIpc) is 2.83. The molecule has 0 spiro atoms. The van der Waals surface area contributed by atoms with Gasteiger partial charge in [0, 0.05) is 60.5 Å². The largest absolute Gasteiger partial charge is 0.293 e. The van der Waals surface area contributed by atoms with Crippen LogP contribution in [-0.4, -0.2) is 26.4 Å². The van der Waals surface area contributed by atoms with Crippen LogP contribution in [0.4, 0.5) is 0 Å². The van der Waals surface area contributed by atoms with Gasteiger partial charge in [-0.2, -0.15) is 0 Å². The van der Waals surface area contributed by atoms with Crippen molar-refractivity contribution in [3.8, 4) is 0 Å². The molecule has 0 saturated heterocycles. The van der Waals surface area contributed by atoms with Crippen molar-refractivity contribution in [1.82, 2.24) is 19.9 Å². The molecule has 0 unspecified atom stereocenters. The number of fused-ring (bicyclic) bond motifs is 1. The van der Waals surface area contributed by atoms with Crippen molar-refractivity contribution >= 4 is 22.9 Å². The number of hydrogen-bond donors (Lipinski definition) is 0. The van der Waals surface area contributed by atoms with Gasteiger partial charge < -0.3 is 0 Å². The summed E-state index contributed by atoms with van der Waals surface area (Å²) in [6.07, 6.45) is 4.84. The highest BCUT2D eigenvalue weighted by Crippen LogP contribution is 2.23. The van der Waals surface area contributed by atoms with Crippen LogP contribution in [0.1, 0.15) is 41.7 Å². The second kappa shape index (κ2) is 5.76. The Morgan fingerprint density at radius 2 is 2.20 bits per heavy atom. The molecule has 4 nitrogen and oxygen atoms in total. The van der Waals surface area contributed by atoms with Crippen molar-refractivity contribution in [2.45, 2.75) is 39.3 Å². The maximum Gasteiger partial charge on any atom is 0.183 e. The average molecular weight is 309 g/mol. The zero-order valence-corrected chi connectivity index (χ0v) is 13.2. The number of nitrogens with zero attached hydrogens (tertiary/aromatic N) is 4. The first kappa shape index (κ1) is 13.9. The van der Waals surface area contributed by atoms with Gasteiger partial charge in [0.15, 0.2) is 4.47 Å². The smallest absolute Gasteiger partial charge is 0.183 e. The topological polar surface area (TPSA) is 41.9 Å². The Labute approximate surface area is 127 Å². The normalized spacial score (nSPS) is 15.6. The lowest BCUT2D eigenvalue weighted by Crippen LogP contribution is -2.30. The summed E-state index contributed by atoms with van der Waals surface area (Å²) in [6.45, 7) is 7.09. The first-order valence-electron chi connectivity index (χ1n) is 6.79. The molecule has 0 radical (unpaired) electrons. The zero-order chi connectivity index (χ0) is 14.1. The van der Waals surface area contributed by atoms with Gasteiger partial charge in [-0.05, 0) is 0 Å². The summed E-state index contributed by atoms with van der Waals surface area (Å²) in [5, 5.41) is 0. The quantitative estimate of drug-likeness (QED) is 0.872. The molecule has 3 rings (SSSR count). The summed E-state index contributed by atoms with van der Waals surface area (Å²) < 4.78 is 0.613. The Morgan fingerprint density at radius 1 is 1.35 bits per heavy atom. The van der Waals surface area contributed by atoms with E-state index in [9.17, 15) is 0 Å². The zero-order valence-electron chi connectivity index (χ0n) is 11.6. The van der Waals surface area contributed by atoms with Crippen molar-refractivity contribution in [3.63, 3.8) is 0 Å². The summed E-state index contributed by atoms with van der Waals surface area (Å²) in [4.78, 5) is 16.8. The van der Waals surface area contributed by atoms with E-state index in [-0.39, 0.29) is 0 Å². The van der Waals surface area contributed by atoms with Crippen LogP contribution in [0.25, 0.3) is 0 Å². The Balaban J connectivity index is 1.72. The summed E-state index contributed by atoms with van der Waals surface area (Å²) in [7, 11) is 0. The second-order valence-corrected chi connectivity index (χ2v) is 7.09. The molecule has 2 aromatic rings. The molecular weight excluding hydrogens is 292 g/mol. The van der Waals surface area contributed by atoms with Gasteiger partial charge in [-0.25, -0.2) is 15.0 Å². The number of rotatable bonds is 3. The highest BCUT2D eigenvalue weighted by molar-refractivity contribution is 7.15. The monoisotopic (exact) mass is 308 g/mol. The molecule has 2 aromatic heterocycles. The molecule has 0 bridgehead atoms. The third-order valence-corrected chi connectivity index (χ3v) is 4.55. The minimum absolute atomic E-state index is 0.387. The van der Waals surface area contributed by atoms with Crippen LogP contribution in [0.2, 0.25) is 4.47 Å². The van der Waals surface area contributed by atoms with Crippen LogP contribution in [0.3, 0.4) is 0 Å². The fourth-order valence-electron chi connectivity index (χ4n) is 2.38. The second-order valence-electron chi connectivity index (χ2n) is 5.40. The SMILES string of the molecule is CC(C)c1ncc2c(n1)CCN(Cc1cnc(Cl)s1)C2. The van der Waals surface area contributed by atoms with Crippen LogP contribution in [0.5, 0.6) is 0 Å². The molecule has 0 amide bonds. The number of hydrogen-bond acceptors (Lipinski definition) is 5. The van der Waals surface area contributed by atoms with Gasteiger partial charge in [-0.3, -0.25) is 4.90 Å². The molecule has 0 saturated carbocycles. The van der Waals surface area contributed by atoms with Crippen molar-refractivity contribution in [2.24, 2.45) is 0 Å². The van der Waals surface area contributed by atoms with Gasteiger partial charge in [-0.1, -0.05) is 25.4 Å². The van der Waals surface area contributed by atoms with E-state index in [4.69, 9.17) is 11.6 Å². The van der Waals surface area contributed by atoms with Gasteiger partial charge in [0.05, 0.1) is 0 Å². The van der Waals surface area contributed by atoms with Gasteiger partial charge >= 0.3 is 0 Å². The van der Waals surface area contributed by atoms with Gasteiger partial charge in [0.1, 0.15) is 5.82 Å². The lowest BCUT2D eigenvalue weighted by molar-refractivity contribution is 0.244. The molecule has 20 heavy (non-hydrogen) atoms. The summed E-state index contributed by atoms with van der Waals surface area (Å²) in [5.41, 5.74) is 2.46. The van der Waals surface area contributed by atoms with Crippen molar-refractivity contribution in [2.75, 3.05) is 6.54 Å². The maximum absolute atomic E-state index is 5.88. The van der Waals surface area contributed by atoms with E-state index >= 15 is 0 Å². The molecule has 6 heteroatoms. The predicted molar refractivity (Wildman–Crippen MR) is 81.1 cm³/mol. The van der Waals surface area contributed by atoms with Gasteiger partial charge in [0.2, 0.25) is 0 Å². The number of halogens is 1. The van der Waals surface area contributed by atoms with E-state index in [2.05, 4.69) is 33.7 Å². The third kappa shape index (κ3) is 3.00. The van der Waals surface area contributed by atoms with E-state index in [1.807, 2.05) is 12.4 Å². The molecule has 0 atom stereocenters. The minimum Gasteiger partial charge on any atom is -0.293 e. The summed E-state index contributed by atoms with van der Waals surface area (Å²) in [5.74, 6) is 1.34. The van der Waals surface area contributed by atoms with Crippen LogP contribution >= 0.6 is 22.9 Å². The third-order valence-electron chi connectivity index (χ3n) is 3.45. The Bertz CT molecular complexity index is 611. The summed E-state index contributed by atoms with van der Waals surface area (Å²) in [6, 6.07) is 0. The fourth-order valence-corrected chi connectivity index (χ4v) is 3.40. The first-order chi connectivity index (χ1) is 9.61. The van der Waals surface area contributed by atoms with Crippen LogP contribution in [0.15, 0.2) is 12.4 Å². The van der Waals surface area contributed by atoms with Gasteiger partial charge in [-0.15, -0.1) is 11.3 Å². The molecule has 0 aliphatic carbocycles. The molecule has 3 heterocycles. The van der Waals surface area contributed by atoms with E-state index < -0.39 is 0 Å². The van der Waals surface area contributed by atoms with E-state index in [1.54, 1.807) is 11.3 Å². The Kier molecular flexibility index (Phi) is 4.01. The van der Waals surface area contributed by atoms with Crippen LogP contribution < -0.4 is 0 Å². The van der Waals surface area contributed by atoms with Crippen LogP contribution in [0, 0.1) is 0 Å². The maximum atomic E-state index is 5.88.